The van der Waals surface area contributed by atoms with Crippen LogP contribution in [0.15, 0.2) is 84.0 Å². The molecule has 0 saturated heterocycles. The van der Waals surface area contributed by atoms with Crippen LogP contribution in [-0.4, -0.2) is 31.3 Å². The Labute approximate surface area is 202 Å². The van der Waals surface area contributed by atoms with Gasteiger partial charge in [0.25, 0.3) is 5.91 Å². The van der Waals surface area contributed by atoms with E-state index in [-0.39, 0.29) is 5.91 Å². The van der Waals surface area contributed by atoms with E-state index in [0.29, 0.717) is 38.6 Å². The van der Waals surface area contributed by atoms with E-state index in [1.54, 1.807) is 49.4 Å². The Balaban J connectivity index is 1.61. The van der Waals surface area contributed by atoms with Crippen LogP contribution in [0.2, 0.25) is 5.02 Å². The van der Waals surface area contributed by atoms with E-state index >= 15 is 0 Å². The number of para-hydroxylation sites is 1. The lowest BCUT2D eigenvalue weighted by molar-refractivity contribution is 0.0956. The Hall–Kier alpha value is -3.75. The van der Waals surface area contributed by atoms with Crippen LogP contribution >= 0.6 is 11.6 Å². The smallest absolute Gasteiger partial charge is 0.272 e. The van der Waals surface area contributed by atoms with Crippen LogP contribution in [0.4, 0.5) is 5.69 Å². The number of sulfonamides is 1. The molecule has 0 saturated carbocycles. The van der Waals surface area contributed by atoms with Crippen molar-refractivity contribution in [2.24, 2.45) is 5.10 Å². The van der Waals surface area contributed by atoms with Crippen LogP contribution in [0.1, 0.15) is 22.8 Å². The van der Waals surface area contributed by atoms with Gasteiger partial charge in [-0.15, -0.1) is 0 Å². The maximum Gasteiger partial charge on any atom is 0.272 e. The second-order valence-electron chi connectivity index (χ2n) is 7.67. The van der Waals surface area contributed by atoms with E-state index < -0.39 is 10.0 Å². The Morgan fingerprint density at radius 1 is 0.971 bits per heavy atom. The van der Waals surface area contributed by atoms with Gasteiger partial charge in [0, 0.05) is 21.7 Å². The number of anilines is 1. The molecule has 0 fully saturated rings. The second kappa shape index (κ2) is 9.62. The number of nitrogens with zero attached hydrogens (tertiary/aromatic N) is 2. The van der Waals surface area contributed by atoms with Crippen molar-refractivity contribution in [2.45, 2.75) is 6.92 Å². The number of benzene rings is 3. The van der Waals surface area contributed by atoms with Gasteiger partial charge in [0.05, 0.1) is 28.7 Å². The number of carbonyl (C=O) groups excluding carboxylic acids is 1. The van der Waals surface area contributed by atoms with Gasteiger partial charge >= 0.3 is 0 Å². The van der Waals surface area contributed by atoms with Crippen molar-refractivity contribution >= 4 is 49.8 Å². The topological polar surface area (TPSA) is 101 Å². The van der Waals surface area contributed by atoms with Crippen molar-refractivity contribution in [2.75, 3.05) is 11.0 Å². The third kappa shape index (κ3) is 5.59. The average Bonchev–Trinajstić information content (AvgIpc) is 2.81. The van der Waals surface area contributed by atoms with Gasteiger partial charge < -0.3 is 0 Å². The number of hydrogen-bond acceptors (Lipinski definition) is 5. The fraction of sp³-hybridized carbons (Fsp3) is 0.0800. The normalized spacial score (nSPS) is 11.9. The summed E-state index contributed by atoms with van der Waals surface area (Å²) in [7, 11) is -3.36. The minimum Gasteiger partial charge on any atom is -0.284 e. The third-order valence-electron chi connectivity index (χ3n) is 5.03. The monoisotopic (exact) mass is 492 g/mol. The van der Waals surface area contributed by atoms with Gasteiger partial charge in [0.1, 0.15) is 0 Å². The number of amides is 1. The van der Waals surface area contributed by atoms with E-state index in [1.165, 1.54) is 0 Å². The summed E-state index contributed by atoms with van der Waals surface area (Å²) in [6.07, 6.45) is 1.09. The molecule has 0 aliphatic rings. The highest BCUT2D eigenvalue weighted by Crippen LogP contribution is 2.26. The van der Waals surface area contributed by atoms with Crippen molar-refractivity contribution in [1.29, 1.82) is 0 Å². The molecule has 1 aromatic heterocycles. The van der Waals surface area contributed by atoms with Crippen molar-refractivity contribution in [3.8, 4) is 11.3 Å². The van der Waals surface area contributed by atoms with Gasteiger partial charge in [-0.05, 0) is 48.9 Å². The molecule has 7 nitrogen and oxygen atoms in total. The van der Waals surface area contributed by atoms with Gasteiger partial charge in [-0.1, -0.05) is 54.1 Å². The number of nitrogens with one attached hydrogen (secondary N) is 2. The minimum atomic E-state index is -3.36. The third-order valence-corrected chi connectivity index (χ3v) is 5.89. The molecule has 0 spiro atoms. The first-order valence-electron chi connectivity index (χ1n) is 10.3. The van der Waals surface area contributed by atoms with Crippen LogP contribution in [0, 0.1) is 0 Å². The van der Waals surface area contributed by atoms with E-state index in [2.05, 4.69) is 20.2 Å². The summed E-state index contributed by atoms with van der Waals surface area (Å²) < 4.78 is 25.1. The maximum absolute atomic E-state index is 13.1. The number of pyridine rings is 1. The molecule has 0 bridgehead atoms. The van der Waals surface area contributed by atoms with Crippen molar-refractivity contribution in [3.05, 3.63) is 95.0 Å². The number of carbonyl (C=O) groups is 1. The first-order chi connectivity index (χ1) is 16.2. The number of aromatic nitrogens is 1. The molecular weight excluding hydrogens is 472 g/mol. The van der Waals surface area contributed by atoms with E-state index in [0.717, 1.165) is 17.4 Å². The lowest BCUT2D eigenvalue weighted by atomic mass is 10.0. The number of halogens is 1. The molecule has 2 N–H and O–H groups in total. The highest BCUT2D eigenvalue weighted by atomic mass is 35.5. The average molecular weight is 493 g/mol. The maximum atomic E-state index is 13.1. The molecule has 0 unspecified atom stereocenters. The number of hydrazone groups is 1. The summed E-state index contributed by atoms with van der Waals surface area (Å²) in [4.78, 5) is 17.8. The zero-order chi connectivity index (χ0) is 24.3. The molecule has 0 aliphatic heterocycles. The first-order valence-corrected chi connectivity index (χ1v) is 12.6. The Morgan fingerprint density at radius 2 is 1.65 bits per heavy atom. The zero-order valence-corrected chi connectivity index (χ0v) is 20.0. The van der Waals surface area contributed by atoms with Crippen molar-refractivity contribution < 1.29 is 13.2 Å². The summed E-state index contributed by atoms with van der Waals surface area (Å²) in [6.45, 7) is 1.75. The molecule has 4 aromatic rings. The van der Waals surface area contributed by atoms with Crippen molar-refractivity contribution in [3.63, 3.8) is 0 Å². The molecule has 0 atom stereocenters. The second-order valence-corrected chi connectivity index (χ2v) is 9.85. The summed E-state index contributed by atoms with van der Waals surface area (Å²) in [5, 5.41) is 5.56. The number of fused-ring (bicyclic) bond motifs is 1. The molecule has 172 valence electrons. The van der Waals surface area contributed by atoms with Crippen LogP contribution in [0.3, 0.4) is 0 Å². The van der Waals surface area contributed by atoms with E-state index in [1.807, 2.05) is 36.4 Å². The largest absolute Gasteiger partial charge is 0.284 e. The summed E-state index contributed by atoms with van der Waals surface area (Å²) >= 11 is 6.00. The SMILES string of the molecule is C/C(=N/NC(=O)c1cc(-c2ccc(Cl)cc2)nc2ccccc12)c1ccc(NS(C)(=O)=O)cc1. The first kappa shape index (κ1) is 23.4. The summed E-state index contributed by atoms with van der Waals surface area (Å²) in [5.74, 6) is -0.372. The van der Waals surface area contributed by atoms with Crippen LogP contribution in [0.5, 0.6) is 0 Å². The quantitative estimate of drug-likeness (QED) is 0.289. The van der Waals surface area contributed by atoms with Crippen molar-refractivity contribution in [1.82, 2.24) is 10.4 Å². The van der Waals surface area contributed by atoms with Crippen LogP contribution in [0.25, 0.3) is 22.2 Å². The van der Waals surface area contributed by atoms with Gasteiger partial charge in [-0.3, -0.25) is 9.52 Å². The highest BCUT2D eigenvalue weighted by molar-refractivity contribution is 7.92. The van der Waals surface area contributed by atoms with Gasteiger partial charge in [-0.25, -0.2) is 18.8 Å². The molecule has 0 aliphatic carbocycles. The Morgan fingerprint density at radius 3 is 2.32 bits per heavy atom. The predicted molar refractivity (Wildman–Crippen MR) is 137 cm³/mol. The molecule has 4 rings (SSSR count). The molecule has 34 heavy (non-hydrogen) atoms. The van der Waals surface area contributed by atoms with Crippen LogP contribution in [-0.2, 0) is 10.0 Å². The number of rotatable bonds is 6. The van der Waals surface area contributed by atoms with Gasteiger partial charge in [-0.2, -0.15) is 5.10 Å². The molecule has 1 heterocycles. The molecular formula is C25H21ClN4O3S. The van der Waals surface area contributed by atoms with E-state index in [9.17, 15) is 13.2 Å². The van der Waals surface area contributed by atoms with Crippen LogP contribution < -0.4 is 10.1 Å². The Bertz CT molecular complexity index is 1500. The highest BCUT2D eigenvalue weighted by Gasteiger charge is 2.14. The predicted octanol–water partition coefficient (Wildman–Crippen LogP) is 5.08. The standard InChI is InChI=1S/C25H21ClN4O3S/c1-16(17-9-13-20(14-10-17)30-34(2,32)33)28-29-25(31)22-15-24(18-7-11-19(26)12-8-18)27-23-6-4-3-5-21(22)23/h3-15,30H,1-2H3,(H,29,31)/b28-16-. The lowest BCUT2D eigenvalue weighted by Gasteiger charge is -2.10. The minimum absolute atomic E-state index is 0.372. The zero-order valence-electron chi connectivity index (χ0n) is 18.4. The lowest BCUT2D eigenvalue weighted by Crippen LogP contribution is -2.20. The molecule has 0 radical (unpaired) electrons. The number of hydrogen-bond donors (Lipinski definition) is 2. The fourth-order valence-corrected chi connectivity index (χ4v) is 4.07. The summed E-state index contributed by atoms with van der Waals surface area (Å²) in [5.41, 5.74) is 6.99. The molecule has 3 aromatic carbocycles. The van der Waals surface area contributed by atoms with Gasteiger partial charge in [0.2, 0.25) is 10.0 Å². The Kier molecular flexibility index (Phi) is 6.63. The summed E-state index contributed by atoms with van der Waals surface area (Å²) in [6, 6.07) is 23.1. The van der Waals surface area contributed by atoms with E-state index in [4.69, 9.17) is 11.6 Å². The molecule has 1 amide bonds. The molecule has 9 heteroatoms. The fourth-order valence-electron chi connectivity index (χ4n) is 3.38. The van der Waals surface area contributed by atoms with Gasteiger partial charge in [0.15, 0.2) is 0 Å².